The highest BCUT2D eigenvalue weighted by Crippen LogP contribution is 2.31. The Morgan fingerprint density at radius 1 is 1.11 bits per heavy atom. The molecule has 0 aliphatic carbocycles. The average molecular weight is 368 g/mol. The molecule has 0 radical (unpaired) electrons. The minimum absolute atomic E-state index is 0.135. The lowest BCUT2D eigenvalue weighted by Gasteiger charge is -2.18. The molecule has 1 aliphatic heterocycles. The van der Waals surface area contributed by atoms with Crippen molar-refractivity contribution in [3.8, 4) is 28.6 Å². The molecular weight excluding hydrogens is 352 g/mol. The van der Waals surface area contributed by atoms with Gasteiger partial charge in [0.2, 0.25) is 5.82 Å². The van der Waals surface area contributed by atoms with Gasteiger partial charge in [-0.3, -0.25) is 0 Å². The Labute approximate surface area is 154 Å². The maximum atomic E-state index is 12.2. The van der Waals surface area contributed by atoms with Gasteiger partial charge < -0.3 is 23.5 Å². The van der Waals surface area contributed by atoms with Crippen molar-refractivity contribution in [1.29, 1.82) is 0 Å². The van der Waals surface area contributed by atoms with Crippen LogP contribution in [0.15, 0.2) is 47.0 Å². The van der Waals surface area contributed by atoms with Gasteiger partial charge in [0, 0.05) is 5.56 Å². The van der Waals surface area contributed by atoms with Gasteiger partial charge in [-0.2, -0.15) is 4.98 Å². The van der Waals surface area contributed by atoms with Gasteiger partial charge in [-0.15, -0.1) is 0 Å². The normalized spacial score (nSPS) is 12.5. The van der Waals surface area contributed by atoms with Crippen LogP contribution < -0.4 is 14.2 Å². The van der Waals surface area contributed by atoms with E-state index in [4.69, 9.17) is 23.5 Å². The predicted octanol–water partition coefficient (Wildman–Crippen LogP) is 2.87. The van der Waals surface area contributed by atoms with Gasteiger partial charge in [-0.05, 0) is 30.3 Å². The molecule has 0 spiro atoms. The molecule has 3 aromatic rings. The van der Waals surface area contributed by atoms with E-state index in [1.807, 2.05) is 18.2 Å². The Morgan fingerprint density at radius 2 is 1.96 bits per heavy atom. The summed E-state index contributed by atoms with van der Waals surface area (Å²) in [5.41, 5.74) is 1.09. The summed E-state index contributed by atoms with van der Waals surface area (Å²) in [7, 11) is 1.58. The van der Waals surface area contributed by atoms with E-state index in [1.54, 1.807) is 31.4 Å². The Kier molecular flexibility index (Phi) is 4.61. The second-order valence-electron chi connectivity index (χ2n) is 5.68. The highest BCUT2D eigenvalue weighted by molar-refractivity contribution is 5.90. The van der Waals surface area contributed by atoms with E-state index in [0.717, 1.165) is 5.56 Å². The minimum Gasteiger partial charge on any atom is -0.497 e. The molecule has 138 valence electrons. The van der Waals surface area contributed by atoms with E-state index in [0.29, 0.717) is 41.9 Å². The smallest absolute Gasteiger partial charge is 0.338 e. The number of hydrogen-bond donors (Lipinski definition) is 0. The molecule has 1 aliphatic rings. The van der Waals surface area contributed by atoms with E-state index in [2.05, 4.69) is 10.1 Å². The Balaban J connectivity index is 1.41. The molecule has 2 aromatic carbocycles. The van der Waals surface area contributed by atoms with Crippen LogP contribution in [-0.4, -0.2) is 36.4 Å². The molecule has 1 aromatic heterocycles. The fourth-order valence-corrected chi connectivity index (χ4v) is 2.57. The SMILES string of the molecule is COc1cccc(-c2noc(COC(=O)c3ccc4c(c3)OCCO4)n2)c1. The van der Waals surface area contributed by atoms with Crippen LogP contribution in [0.5, 0.6) is 17.2 Å². The highest BCUT2D eigenvalue weighted by atomic mass is 16.6. The third-order valence-electron chi connectivity index (χ3n) is 3.90. The second-order valence-corrected chi connectivity index (χ2v) is 5.68. The van der Waals surface area contributed by atoms with E-state index in [1.165, 1.54) is 0 Å². The maximum Gasteiger partial charge on any atom is 0.338 e. The Morgan fingerprint density at radius 3 is 2.81 bits per heavy atom. The van der Waals surface area contributed by atoms with Crippen LogP contribution in [0.1, 0.15) is 16.2 Å². The zero-order chi connectivity index (χ0) is 18.6. The lowest BCUT2D eigenvalue weighted by atomic mass is 10.2. The van der Waals surface area contributed by atoms with Gasteiger partial charge in [0.25, 0.3) is 5.89 Å². The number of carbonyl (C=O) groups is 1. The number of hydrogen-bond acceptors (Lipinski definition) is 8. The van der Waals surface area contributed by atoms with Crippen LogP contribution in [0.3, 0.4) is 0 Å². The largest absolute Gasteiger partial charge is 0.497 e. The first-order valence-electron chi connectivity index (χ1n) is 8.27. The molecule has 0 atom stereocenters. The van der Waals surface area contributed by atoms with Crippen molar-refractivity contribution >= 4 is 5.97 Å². The fourth-order valence-electron chi connectivity index (χ4n) is 2.57. The first kappa shape index (κ1) is 16.9. The topological polar surface area (TPSA) is 92.9 Å². The van der Waals surface area contributed by atoms with Crippen LogP contribution in [0.2, 0.25) is 0 Å². The summed E-state index contributed by atoms with van der Waals surface area (Å²) in [6.07, 6.45) is 0. The van der Waals surface area contributed by atoms with Gasteiger partial charge >= 0.3 is 5.97 Å². The Bertz CT molecular complexity index is 968. The zero-order valence-corrected chi connectivity index (χ0v) is 14.5. The molecule has 4 rings (SSSR count). The third-order valence-corrected chi connectivity index (χ3v) is 3.90. The lowest BCUT2D eigenvalue weighted by molar-refractivity contribution is 0.0429. The van der Waals surface area contributed by atoms with Crippen LogP contribution in [0, 0.1) is 0 Å². The molecule has 2 heterocycles. The number of carbonyl (C=O) groups excluding carboxylic acids is 1. The number of nitrogens with zero attached hydrogens (tertiary/aromatic N) is 2. The second kappa shape index (κ2) is 7.36. The van der Waals surface area contributed by atoms with Gasteiger partial charge in [0.05, 0.1) is 12.7 Å². The van der Waals surface area contributed by atoms with Crippen molar-refractivity contribution in [2.75, 3.05) is 20.3 Å². The van der Waals surface area contributed by atoms with Crippen LogP contribution in [0.25, 0.3) is 11.4 Å². The van der Waals surface area contributed by atoms with Gasteiger partial charge in [-0.1, -0.05) is 17.3 Å². The van der Waals surface area contributed by atoms with Crippen LogP contribution >= 0.6 is 0 Å². The number of rotatable bonds is 5. The highest BCUT2D eigenvalue weighted by Gasteiger charge is 2.17. The monoisotopic (exact) mass is 368 g/mol. The number of aromatic nitrogens is 2. The summed E-state index contributed by atoms with van der Waals surface area (Å²) in [5.74, 6) is 1.88. The number of benzene rings is 2. The first-order chi connectivity index (χ1) is 13.2. The first-order valence-corrected chi connectivity index (χ1v) is 8.27. The maximum absolute atomic E-state index is 12.2. The molecule has 0 saturated carbocycles. The van der Waals surface area contributed by atoms with Crippen LogP contribution in [-0.2, 0) is 11.3 Å². The summed E-state index contributed by atoms with van der Waals surface area (Å²) in [6, 6.07) is 12.1. The molecule has 0 saturated heterocycles. The Hall–Kier alpha value is -3.55. The molecule has 27 heavy (non-hydrogen) atoms. The summed E-state index contributed by atoms with van der Waals surface area (Å²) < 4.78 is 26.5. The van der Waals surface area contributed by atoms with Crippen molar-refractivity contribution in [2.45, 2.75) is 6.61 Å². The molecule has 0 amide bonds. The molecule has 8 heteroatoms. The van der Waals surface area contributed by atoms with Gasteiger partial charge in [-0.25, -0.2) is 4.79 Å². The van der Waals surface area contributed by atoms with E-state index in [9.17, 15) is 4.79 Å². The van der Waals surface area contributed by atoms with E-state index < -0.39 is 5.97 Å². The lowest BCUT2D eigenvalue weighted by Crippen LogP contribution is -2.16. The van der Waals surface area contributed by atoms with E-state index >= 15 is 0 Å². The molecular formula is C19H16N2O6. The summed E-state index contributed by atoms with van der Waals surface area (Å²) in [5, 5.41) is 3.90. The summed E-state index contributed by atoms with van der Waals surface area (Å²) in [6.45, 7) is 0.800. The van der Waals surface area contributed by atoms with Crippen molar-refractivity contribution in [1.82, 2.24) is 10.1 Å². The van der Waals surface area contributed by atoms with E-state index in [-0.39, 0.29) is 12.5 Å². The number of methoxy groups -OCH3 is 1. The zero-order valence-electron chi connectivity index (χ0n) is 14.5. The number of esters is 1. The van der Waals surface area contributed by atoms with Gasteiger partial charge in [0.1, 0.15) is 19.0 Å². The number of ether oxygens (including phenoxy) is 4. The summed E-state index contributed by atoms with van der Waals surface area (Å²) in [4.78, 5) is 16.5. The molecule has 0 bridgehead atoms. The fraction of sp³-hybridized carbons (Fsp3) is 0.211. The molecule has 0 fully saturated rings. The predicted molar refractivity (Wildman–Crippen MR) is 92.8 cm³/mol. The number of fused-ring (bicyclic) bond motifs is 1. The van der Waals surface area contributed by atoms with Gasteiger partial charge in [0.15, 0.2) is 18.1 Å². The van der Waals surface area contributed by atoms with Crippen molar-refractivity contribution in [3.05, 3.63) is 53.9 Å². The van der Waals surface area contributed by atoms with Crippen molar-refractivity contribution < 1.29 is 28.3 Å². The quantitative estimate of drug-likeness (QED) is 0.635. The molecule has 0 N–H and O–H groups in total. The summed E-state index contributed by atoms with van der Waals surface area (Å²) >= 11 is 0. The molecule has 8 nitrogen and oxygen atoms in total. The van der Waals surface area contributed by atoms with Crippen molar-refractivity contribution in [2.24, 2.45) is 0 Å². The average Bonchev–Trinajstić information content (AvgIpc) is 3.21. The molecule has 0 unspecified atom stereocenters. The third kappa shape index (κ3) is 3.69. The standard InChI is InChI=1S/C19H16N2O6/c1-23-14-4-2-3-12(9-14)18-20-17(27-21-18)11-26-19(22)13-5-6-15-16(10-13)25-8-7-24-15/h2-6,9-10H,7-8,11H2,1H3. The minimum atomic E-state index is -0.520. The van der Waals surface area contributed by atoms with Crippen molar-refractivity contribution in [3.63, 3.8) is 0 Å². The van der Waals surface area contributed by atoms with Crippen LogP contribution in [0.4, 0.5) is 0 Å².